The highest BCUT2D eigenvalue weighted by Gasteiger charge is 2.38. The number of ether oxygens (including phenoxy) is 1. The molecule has 0 bridgehead atoms. The van der Waals surface area contributed by atoms with Crippen LogP contribution in [0.3, 0.4) is 0 Å². The van der Waals surface area contributed by atoms with Crippen molar-refractivity contribution in [3.63, 3.8) is 0 Å². The highest BCUT2D eigenvalue weighted by atomic mass is 32.2. The molecule has 0 aromatic rings. The third-order valence-electron chi connectivity index (χ3n) is 3.38. The maximum absolute atomic E-state index is 5.43. The van der Waals surface area contributed by atoms with Crippen molar-refractivity contribution in [3.05, 3.63) is 0 Å². The summed E-state index contributed by atoms with van der Waals surface area (Å²) >= 11 is 3.78. The Balaban J connectivity index is 1.85. The quantitative estimate of drug-likeness (QED) is 0.853. The van der Waals surface area contributed by atoms with E-state index in [0.29, 0.717) is 6.04 Å². The molecule has 1 unspecified atom stereocenters. The van der Waals surface area contributed by atoms with Crippen LogP contribution in [0.15, 0.2) is 4.99 Å². The molecule has 2 heterocycles. The van der Waals surface area contributed by atoms with Crippen LogP contribution in [0.2, 0.25) is 0 Å². The Hall–Kier alpha value is 0.130. The van der Waals surface area contributed by atoms with Gasteiger partial charge in [-0.3, -0.25) is 4.99 Å². The first-order valence-corrected chi connectivity index (χ1v) is 8.67. The van der Waals surface area contributed by atoms with Gasteiger partial charge in [-0.05, 0) is 38.2 Å². The van der Waals surface area contributed by atoms with Gasteiger partial charge in [0.25, 0.3) is 0 Å². The lowest BCUT2D eigenvalue weighted by molar-refractivity contribution is 0.0555. The Morgan fingerprint density at radius 3 is 3.00 bits per heavy atom. The molecule has 1 spiro atoms. The number of nitrogens with zero attached hydrogens (tertiary/aromatic N) is 1. The van der Waals surface area contributed by atoms with Gasteiger partial charge < -0.3 is 10.1 Å². The van der Waals surface area contributed by atoms with Crippen LogP contribution in [0.4, 0.5) is 0 Å². The second-order valence-corrected chi connectivity index (χ2v) is 6.82. The zero-order valence-electron chi connectivity index (χ0n) is 10.7. The van der Waals surface area contributed by atoms with Crippen molar-refractivity contribution in [1.82, 2.24) is 5.32 Å². The van der Waals surface area contributed by atoms with Gasteiger partial charge in [-0.2, -0.15) is 11.8 Å². The lowest BCUT2D eigenvalue weighted by Gasteiger charge is -2.32. The first-order chi connectivity index (χ1) is 8.24. The van der Waals surface area contributed by atoms with E-state index >= 15 is 0 Å². The molecule has 0 aliphatic carbocycles. The minimum atomic E-state index is 0.279. The van der Waals surface area contributed by atoms with Gasteiger partial charge in [-0.15, -0.1) is 0 Å². The zero-order valence-corrected chi connectivity index (χ0v) is 12.3. The fraction of sp³-hybridized carbons (Fsp3) is 0.917. The van der Waals surface area contributed by atoms with Crippen molar-refractivity contribution in [2.45, 2.75) is 37.8 Å². The predicted molar refractivity (Wildman–Crippen MR) is 78.3 cm³/mol. The Morgan fingerprint density at radius 2 is 2.29 bits per heavy atom. The summed E-state index contributed by atoms with van der Waals surface area (Å²) in [6, 6.07) is 0.437. The van der Waals surface area contributed by atoms with Gasteiger partial charge in [0.1, 0.15) is 0 Å². The molecule has 0 amide bonds. The summed E-state index contributed by atoms with van der Waals surface area (Å²) in [6.07, 6.45) is 5.57. The van der Waals surface area contributed by atoms with Crippen LogP contribution in [0.25, 0.3) is 0 Å². The van der Waals surface area contributed by atoms with E-state index in [1.807, 2.05) is 23.5 Å². The van der Waals surface area contributed by atoms with Crippen LogP contribution in [0, 0.1) is 0 Å². The summed E-state index contributed by atoms with van der Waals surface area (Å²) < 4.78 is 5.43. The monoisotopic (exact) mass is 274 g/mol. The number of amidine groups is 1. The SMILES string of the molecule is CSCCC(C)N=C1NC2(CCOCC2)CS1. The van der Waals surface area contributed by atoms with Crippen LogP contribution in [0.5, 0.6) is 0 Å². The smallest absolute Gasteiger partial charge is 0.157 e. The lowest BCUT2D eigenvalue weighted by Crippen LogP contribution is -2.48. The van der Waals surface area contributed by atoms with Crippen molar-refractivity contribution in [2.75, 3.05) is 31.0 Å². The van der Waals surface area contributed by atoms with Gasteiger partial charge in [0.15, 0.2) is 5.17 Å². The lowest BCUT2D eigenvalue weighted by atomic mass is 9.93. The summed E-state index contributed by atoms with van der Waals surface area (Å²) in [6.45, 7) is 3.99. The molecule has 1 atom stereocenters. The first kappa shape index (κ1) is 13.6. The van der Waals surface area contributed by atoms with E-state index in [0.717, 1.165) is 37.0 Å². The Kier molecular flexibility index (Phi) is 5.06. The number of rotatable bonds is 4. The minimum absolute atomic E-state index is 0.279. The highest BCUT2D eigenvalue weighted by molar-refractivity contribution is 8.14. The van der Waals surface area contributed by atoms with Crippen LogP contribution >= 0.6 is 23.5 Å². The number of nitrogens with one attached hydrogen (secondary N) is 1. The van der Waals surface area contributed by atoms with Crippen molar-refractivity contribution in [3.8, 4) is 0 Å². The van der Waals surface area contributed by atoms with Gasteiger partial charge in [0.05, 0.1) is 11.6 Å². The second-order valence-electron chi connectivity index (χ2n) is 4.87. The number of aliphatic imine (C=N–C) groups is 1. The van der Waals surface area contributed by atoms with Gasteiger partial charge >= 0.3 is 0 Å². The van der Waals surface area contributed by atoms with Crippen molar-refractivity contribution in [1.29, 1.82) is 0 Å². The maximum atomic E-state index is 5.43. The van der Waals surface area contributed by atoms with Crippen LogP contribution in [0.1, 0.15) is 26.2 Å². The van der Waals surface area contributed by atoms with E-state index in [1.165, 1.54) is 12.2 Å². The molecule has 0 saturated carbocycles. The van der Waals surface area contributed by atoms with E-state index in [1.54, 1.807) is 0 Å². The van der Waals surface area contributed by atoms with Crippen molar-refractivity contribution >= 4 is 28.7 Å². The van der Waals surface area contributed by atoms with Gasteiger partial charge in [0.2, 0.25) is 0 Å². The molecule has 2 fully saturated rings. The Morgan fingerprint density at radius 1 is 1.53 bits per heavy atom. The molecule has 98 valence electrons. The third-order valence-corrected chi connectivity index (χ3v) is 5.21. The summed E-state index contributed by atoms with van der Waals surface area (Å²) in [5.74, 6) is 2.35. The number of hydrogen-bond donors (Lipinski definition) is 1. The molecule has 0 aromatic carbocycles. The molecular formula is C12H22N2OS2. The van der Waals surface area contributed by atoms with Crippen LogP contribution in [-0.2, 0) is 4.74 Å². The topological polar surface area (TPSA) is 33.6 Å². The molecule has 0 aromatic heterocycles. The number of hydrogen-bond acceptors (Lipinski definition) is 4. The normalized spacial score (nSPS) is 27.3. The van der Waals surface area contributed by atoms with E-state index in [2.05, 4.69) is 18.5 Å². The molecule has 2 aliphatic rings. The zero-order chi connectivity index (χ0) is 12.1. The molecular weight excluding hydrogens is 252 g/mol. The molecule has 2 aliphatic heterocycles. The molecule has 2 rings (SSSR count). The summed E-state index contributed by atoms with van der Waals surface area (Å²) in [5, 5.41) is 4.79. The molecule has 1 N–H and O–H groups in total. The molecule has 2 saturated heterocycles. The standard InChI is InChI=1S/C12H22N2OS2/c1-10(3-8-16-2)13-11-14-12(9-17-11)4-6-15-7-5-12/h10H,3-9H2,1-2H3,(H,13,14). The van der Waals surface area contributed by atoms with Crippen molar-refractivity contribution in [2.24, 2.45) is 4.99 Å². The summed E-state index contributed by atoms with van der Waals surface area (Å²) in [7, 11) is 0. The van der Waals surface area contributed by atoms with Crippen molar-refractivity contribution < 1.29 is 4.74 Å². The Bertz CT molecular complexity index is 278. The maximum Gasteiger partial charge on any atom is 0.157 e. The second kappa shape index (κ2) is 6.34. The summed E-state index contributed by atoms with van der Waals surface area (Å²) in [5.41, 5.74) is 0.279. The first-order valence-electron chi connectivity index (χ1n) is 6.30. The van der Waals surface area contributed by atoms with E-state index in [4.69, 9.17) is 9.73 Å². The van der Waals surface area contributed by atoms with Crippen LogP contribution < -0.4 is 5.32 Å². The fourth-order valence-electron chi connectivity index (χ4n) is 2.16. The average molecular weight is 274 g/mol. The van der Waals surface area contributed by atoms with Gasteiger partial charge in [-0.25, -0.2) is 0 Å². The van der Waals surface area contributed by atoms with Crippen LogP contribution in [-0.4, -0.2) is 47.7 Å². The Labute approximate surface area is 113 Å². The molecule has 5 heteroatoms. The average Bonchev–Trinajstić information content (AvgIpc) is 2.70. The molecule has 3 nitrogen and oxygen atoms in total. The fourth-order valence-corrected chi connectivity index (χ4v) is 4.05. The largest absolute Gasteiger partial charge is 0.381 e. The highest BCUT2D eigenvalue weighted by Crippen LogP contribution is 2.32. The predicted octanol–water partition coefficient (Wildman–Crippen LogP) is 2.37. The van der Waals surface area contributed by atoms with Gasteiger partial charge in [-0.1, -0.05) is 11.8 Å². The third kappa shape index (κ3) is 3.80. The molecule has 0 radical (unpaired) electrons. The summed E-state index contributed by atoms with van der Waals surface area (Å²) in [4.78, 5) is 4.78. The van der Waals surface area contributed by atoms with E-state index in [9.17, 15) is 0 Å². The molecule has 17 heavy (non-hydrogen) atoms. The van der Waals surface area contributed by atoms with E-state index in [-0.39, 0.29) is 5.54 Å². The number of thioether (sulfide) groups is 2. The van der Waals surface area contributed by atoms with Gasteiger partial charge in [0, 0.05) is 19.0 Å². The minimum Gasteiger partial charge on any atom is -0.381 e. The van der Waals surface area contributed by atoms with E-state index < -0.39 is 0 Å².